The van der Waals surface area contributed by atoms with E-state index in [1.807, 2.05) is 6.07 Å². The summed E-state index contributed by atoms with van der Waals surface area (Å²) in [5.74, 6) is 0. The minimum absolute atomic E-state index is 0.321. The standard InChI is InChI=1S/C12H11N3O2S/c13-8-10-2-4-11(5-3-10)12(18(16)17)9-15-7-1-6-14-15/h1-7,12H,9H2,(H,16,17). The second kappa shape index (κ2) is 5.58. The minimum atomic E-state index is -1.99. The van der Waals surface area contributed by atoms with Gasteiger partial charge in [-0.05, 0) is 23.8 Å². The van der Waals surface area contributed by atoms with Crippen LogP contribution in [0.25, 0.3) is 0 Å². The van der Waals surface area contributed by atoms with Crippen LogP contribution in [0.5, 0.6) is 0 Å². The number of aromatic nitrogens is 2. The molecule has 0 spiro atoms. The van der Waals surface area contributed by atoms with Crippen molar-refractivity contribution in [3.8, 4) is 6.07 Å². The monoisotopic (exact) mass is 261 g/mol. The first kappa shape index (κ1) is 12.5. The number of nitriles is 1. The molecule has 0 fully saturated rings. The fourth-order valence-corrected chi connectivity index (χ4v) is 2.31. The van der Waals surface area contributed by atoms with E-state index in [1.54, 1.807) is 47.4 Å². The van der Waals surface area contributed by atoms with Crippen LogP contribution in [0.3, 0.4) is 0 Å². The van der Waals surface area contributed by atoms with Crippen molar-refractivity contribution in [2.45, 2.75) is 11.8 Å². The second-order valence-corrected chi connectivity index (χ2v) is 4.85. The largest absolute Gasteiger partial charge is 0.306 e. The van der Waals surface area contributed by atoms with Crippen molar-refractivity contribution in [3.63, 3.8) is 0 Å². The summed E-state index contributed by atoms with van der Waals surface area (Å²) < 4.78 is 22.4. The van der Waals surface area contributed by atoms with Gasteiger partial charge in [0.1, 0.15) is 5.25 Å². The molecule has 6 heteroatoms. The van der Waals surface area contributed by atoms with Gasteiger partial charge in [0, 0.05) is 12.4 Å². The molecule has 0 aliphatic carbocycles. The van der Waals surface area contributed by atoms with Gasteiger partial charge in [0.15, 0.2) is 11.1 Å². The predicted octanol–water partition coefficient (Wildman–Crippen LogP) is 1.72. The minimum Gasteiger partial charge on any atom is -0.306 e. The Morgan fingerprint density at radius 1 is 1.44 bits per heavy atom. The van der Waals surface area contributed by atoms with Gasteiger partial charge in [-0.3, -0.25) is 4.68 Å². The van der Waals surface area contributed by atoms with Gasteiger partial charge in [0.25, 0.3) is 0 Å². The van der Waals surface area contributed by atoms with Gasteiger partial charge in [-0.15, -0.1) is 0 Å². The van der Waals surface area contributed by atoms with Crippen LogP contribution < -0.4 is 0 Å². The summed E-state index contributed by atoms with van der Waals surface area (Å²) in [6.07, 6.45) is 3.36. The normalized spacial score (nSPS) is 13.8. The quantitative estimate of drug-likeness (QED) is 0.850. The van der Waals surface area contributed by atoms with E-state index in [9.17, 15) is 8.76 Å². The van der Waals surface area contributed by atoms with Crippen molar-refractivity contribution in [3.05, 3.63) is 53.9 Å². The molecule has 1 aromatic carbocycles. The van der Waals surface area contributed by atoms with Crippen LogP contribution in [0.2, 0.25) is 0 Å². The number of hydrogen-bond donors (Lipinski definition) is 1. The van der Waals surface area contributed by atoms with E-state index in [0.29, 0.717) is 17.7 Å². The number of rotatable bonds is 4. The summed E-state index contributed by atoms with van der Waals surface area (Å²) in [5, 5.41) is 12.2. The first-order valence-corrected chi connectivity index (χ1v) is 6.45. The van der Waals surface area contributed by atoms with Crippen molar-refractivity contribution >= 4 is 11.1 Å². The molecule has 2 aromatic rings. The summed E-state index contributed by atoms with van der Waals surface area (Å²) in [6.45, 7) is 0.321. The summed E-state index contributed by atoms with van der Waals surface area (Å²) in [7, 11) is 0. The molecule has 0 amide bonds. The van der Waals surface area contributed by atoms with E-state index in [0.717, 1.165) is 0 Å². The van der Waals surface area contributed by atoms with Crippen molar-refractivity contribution in [1.29, 1.82) is 5.26 Å². The molecule has 0 saturated carbocycles. The van der Waals surface area contributed by atoms with Crippen molar-refractivity contribution in [2.24, 2.45) is 0 Å². The van der Waals surface area contributed by atoms with Gasteiger partial charge in [-0.25, -0.2) is 4.21 Å². The SMILES string of the molecule is N#Cc1ccc(C(Cn2cccn2)S(=O)O)cc1. The first-order chi connectivity index (χ1) is 8.70. The fraction of sp³-hybridized carbons (Fsp3) is 0.167. The van der Waals surface area contributed by atoms with Crippen LogP contribution in [0.1, 0.15) is 16.4 Å². The smallest absolute Gasteiger partial charge is 0.162 e. The molecule has 0 aliphatic rings. The zero-order chi connectivity index (χ0) is 13.0. The first-order valence-electron chi connectivity index (χ1n) is 5.28. The summed E-state index contributed by atoms with van der Waals surface area (Å²) in [5.41, 5.74) is 1.24. The van der Waals surface area contributed by atoms with Crippen molar-refractivity contribution < 1.29 is 8.76 Å². The van der Waals surface area contributed by atoms with Crippen molar-refractivity contribution in [2.75, 3.05) is 0 Å². The molecule has 18 heavy (non-hydrogen) atoms. The molecule has 2 rings (SSSR count). The molecule has 1 heterocycles. The zero-order valence-electron chi connectivity index (χ0n) is 9.43. The predicted molar refractivity (Wildman–Crippen MR) is 66.9 cm³/mol. The highest BCUT2D eigenvalue weighted by Crippen LogP contribution is 2.21. The highest BCUT2D eigenvalue weighted by atomic mass is 32.2. The maximum Gasteiger partial charge on any atom is 0.162 e. The van der Waals surface area contributed by atoms with Crippen LogP contribution in [0.15, 0.2) is 42.7 Å². The molecule has 0 saturated heterocycles. The zero-order valence-corrected chi connectivity index (χ0v) is 10.2. The maximum absolute atomic E-state index is 11.4. The third-order valence-electron chi connectivity index (χ3n) is 2.57. The van der Waals surface area contributed by atoms with Gasteiger partial charge in [-0.2, -0.15) is 10.4 Å². The Labute approximate surface area is 107 Å². The Morgan fingerprint density at radius 2 is 2.17 bits per heavy atom. The summed E-state index contributed by atoms with van der Waals surface area (Å²) in [4.78, 5) is 0. The second-order valence-electron chi connectivity index (χ2n) is 3.73. The lowest BCUT2D eigenvalue weighted by Crippen LogP contribution is -2.14. The lowest BCUT2D eigenvalue weighted by Gasteiger charge is -2.13. The van der Waals surface area contributed by atoms with E-state index in [-0.39, 0.29) is 0 Å². The molecular weight excluding hydrogens is 250 g/mol. The van der Waals surface area contributed by atoms with Crippen LogP contribution >= 0.6 is 0 Å². The van der Waals surface area contributed by atoms with Gasteiger partial charge in [0.05, 0.1) is 18.2 Å². The van der Waals surface area contributed by atoms with Crippen LogP contribution in [0, 0.1) is 11.3 Å². The van der Waals surface area contributed by atoms with E-state index in [1.165, 1.54) is 0 Å². The number of nitrogens with zero attached hydrogens (tertiary/aromatic N) is 3. The van der Waals surface area contributed by atoms with Crippen molar-refractivity contribution in [1.82, 2.24) is 9.78 Å². The van der Waals surface area contributed by atoms with E-state index in [2.05, 4.69) is 5.10 Å². The Hall–Kier alpha value is -1.97. The summed E-state index contributed by atoms with van der Waals surface area (Å²) >= 11 is -1.99. The molecule has 92 valence electrons. The Morgan fingerprint density at radius 3 is 2.67 bits per heavy atom. The lowest BCUT2D eigenvalue weighted by atomic mass is 10.1. The molecule has 5 nitrogen and oxygen atoms in total. The van der Waals surface area contributed by atoms with E-state index >= 15 is 0 Å². The highest BCUT2D eigenvalue weighted by molar-refractivity contribution is 7.79. The molecule has 1 N–H and O–H groups in total. The van der Waals surface area contributed by atoms with E-state index < -0.39 is 16.3 Å². The molecule has 0 aliphatic heterocycles. The molecule has 0 bridgehead atoms. The average molecular weight is 261 g/mol. The summed E-state index contributed by atoms with van der Waals surface area (Å²) in [6, 6.07) is 10.4. The average Bonchev–Trinajstić information content (AvgIpc) is 2.89. The number of hydrogen-bond acceptors (Lipinski definition) is 3. The molecule has 2 atom stereocenters. The van der Waals surface area contributed by atoms with Gasteiger partial charge in [0.2, 0.25) is 0 Å². The lowest BCUT2D eigenvalue weighted by molar-refractivity contribution is 0.519. The third-order valence-corrected chi connectivity index (χ3v) is 3.48. The third kappa shape index (κ3) is 2.83. The Balaban J connectivity index is 2.24. The Bertz CT molecular complexity index is 572. The number of benzene rings is 1. The van der Waals surface area contributed by atoms with Gasteiger partial charge < -0.3 is 4.55 Å². The maximum atomic E-state index is 11.4. The topological polar surface area (TPSA) is 78.9 Å². The fourth-order valence-electron chi connectivity index (χ4n) is 1.64. The molecule has 0 radical (unpaired) electrons. The van der Waals surface area contributed by atoms with Crippen LogP contribution in [-0.4, -0.2) is 18.5 Å². The molecular formula is C12H11N3O2S. The molecule has 2 unspecified atom stereocenters. The Kier molecular flexibility index (Phi) is 3.87. The van der Waals surface area contributed by atoms with Gasteiger partial charge in [-0.1, -0.05) is 12.1 Å². The van der Waals surface area contributed by atoms with Crippen LogP contribution in [0.4, 0.5) is 0 Å². The van der Waals surface area contributed by atoms with Crippen LogP contribution in [-0.2, 0) is 17.6 Å². The van der Waals surface area contributed by atoms with E-state index in [4.69, 9.17) is 5.26 Å². The van der Waals surface area contributed by atoms with Gasteiger partial charge >= 0.3 is 0 Å². The molecule has 1 aromatic heterocycles. The highest BCUT2D eigenvalue weighted by Gasteiger charge is 2.18.